The molecule has 0 amide bonds. The van der Waals surface area contributed by atoms with Gasteiger partial charge in [0.1, 0.15) is 0 Å². The number of hydrogen-bond acceptors (Lipinski definition) is 4. The van der Waals surface area contributed by atoms with E-state index in [1.54, 1.807) is 0 Å². The Bertz CT molecular complexity index is 649. The molecule has 32 heavy (non-hydrogen) atoms. The summed E-state index contributed by atoms with van der Waals surface area (Å²) in [4.78, 5) is 0. The minimum atomic E-state index is -1.17. The van der Waals surface area contributed by atoms with E-state index >= 15 is 0 Å². The van der Waals surface area contributed by atoms with Gasteiger partial charge in [-0.25, -0.2) is 0 Å². The Hall–Kier alpha value is -0.940. The Morgan fingerprint density at radius 2 is 1.31 bits per heavy atom. The van der Waals surface area contributed by atoms with Crippen molar-refractivity contribution in [2.75, 3.05) is 26.4 Å². The van der Waals surface area contributed by atoms with Crippen molar-refractivity contribution in [3.63, 3.8) is 0 Å². The van der Waals surface area contributed by atoms with Crippen LogP contribution in [0.15, 0.2) is 12.1 Å². The van der Waals surface area contributed by atoms with Crippen LogP contribution in [0, 0.1) is 18.3 Å². The van der Waals surface area contributed by atoms with Crippen molar-refractivity contribution >= 4 is 0 Å². The van der Waals surface area contributed by atoms with Crippen molar-refractivity contribution in [1.82, 2.24) is 0 Å². The minimum Gasteiger partial charge on any atom is -0.395 e. The molecule has 0 saturated carbocycles. The second-order valence-electron chi connectivity index (χ2n) is 11.7. The molecule has 3 N–H and O–H groups in total. The average Bonchev–Trinajstić information content (AvgIpc) is 2.72. The lowest BCUT2D eigenvalue weighted by Gasteiger charge is -2.42. The molecular weight excluding hydrogens is 400 g/mol. The monoisotopic (exact) mass is 450 g/mol. The van der Waals surface area contributed by atoms with E-state index in [0.717, 1.165) is 42.4 Å². The fraction of sp³-hybridized carbons (Fsp3) is 0.786. The molecule has 4 nitrogen and oxygen atoms in total. The molecule has 4 heteroatoms. The molecule has 0 aromatic heterocycles. The van der Waals surface area contributed by atoms with Crippen LogP contribution in [-0.2, 0) is 15.6 Å². The smallest absolute Gasteiger partial charge is 0.0953 e. The van der Waals surface area contributed by atoms with Crippen molar-refractivity contribution in [3.05, 3.63) is 34.4 Å². The standard InChI is InChI=1S/C28H50O4/c1-10-12-13-21(11-2)16-32-25(28(17-29,18-30)19-31)24-22(26(4,5)6)14-20(3)15-23(24)27(7,8)9/h14-15,21,25,29-31H,10-13,16-19H2,1-9H3. The normalized spacial score (nSPS) is 15.1. The summed E-state index contributed by atoms with van der Waals surface area (Å²) < 4.78 is 6.65. The molecule has 0 bridgehead atoms. The molecule has 0 fully saturated rings. The lowest BCUT2D eigenvalue weighted by atomic mass is 9.69. The van der Waals surface area contributed by atoms with Gasteiger partial charge in [0.25, 0.3) is 0 Å². The van der Waals surface area contributed by atoms with E-state index in [2.05, 4.69) is 74.4 Å². The van der Waals surface area contributed by atoms with Crippen LogP contribution in [0.25, 0.3) is 0 Å². The van der Waals surface area contributed by atoms with Crippen LogP contribution < -0.4 is 0 Å². The molecule has 2 atom stereocenters. The van der Waals surface area contributed by atoms with Gasteiger partial charge in [-0.15, -0.1) is 0 Å². The topological polar surface area (TPSA) is 69.9 Å². The van der Waals surface area contributed by atoms with Crippen LogP contribution in [0.2, 0.25) is 0 Å². The molecule has 2 unspecified atom stereocenters. The molecule has 0 aliphatic carbocycles. The van der Waals surface area contributed by atoms with Crippen LogP contribution in [0.5, 0.6) is 0 Å². The van der Waals surface area contributed by atoms with Gasteiger partial charge < -0.3 is 20.1 Å². The molecule has 1 aromatic rings. The number of unbranched alkanes of at least 4 members (excludes halogenated alkanes) is 1. The Morgan fingerprint density at radius 3 is 1.66 bits per heavy atom. The second-order valence-corrected chi connectivity index (χ2v) is 11.7. The fourth-order valence-electron chi connectivity index (χ4n) is 4.42. The van der Waals surface area contributed by atoms with Gasteiger partial charge in [-0.05, 0) is 46.8 Å². The molecule has 0 aliphatic heterocycles. The predicted octanol–water partition coefficient (Wildman–Crippen LogP) is 5.83. The third-order valence-electron chi connectivity index (χ3n) is 6.75. The first-order chi connectivity index (χ1) is 14.8. The zero-order valence-electron chi connectivity index (χ0n) is 22.2. The molecular formula is C28H50O4. The van der Waals surface area contributed by atoms with E-state index in [4.69, 9.17) is 4.74 Å². The maximum atomic E-state index is 10.4. The van der Waals surface area contributed by atoms with Gasteiger partial charge in [-0.3, -0.25) is 0 Å². The number of hydrogen-bond donors (Lipinski definition) is 3. The zero-order valence-corrected chi connectivity index (χ0v) is 22.2. The Morgan fingerprint density at radius 1 is 0.844 bits per heavy atom. The lowest BCUT2D eigenvalue weighted by molar-refractivity contribution is -0.124. The summed E-state index contributed by atoms with van der Waals surface area (Å²) in [6.45, 7) is 19.1. The van der Waals surface area contributed by atoms with Gasteiger partial charge in [0.15, 0.2) is 0 Å². The van der Waals surface area contributed by atoms with Crippen molar-refractivity contribution in [2.45, 2.75) is 105 Å². The summed E-state index contributed by atoms with van der Waals surface area (Å²) >= 11 is 0. The summed E-state index contributed by atoms with van der Waals surface area (Å²) in [5, 5.41) is 31.2. The summed E-state index contributed by atoms with van der Waals surface area (Å²) in [7, 11) is 0. The highest BCUT2D eigenvalue weighted by Crippen LogP contribution is 2.46. The number of rotatable bonds is 12. The third kappa shape index (κ3) is 7.03. The maximum Gasteiger partial charge on any atom is 0.0953 e. The Labute approximate surface area is 197 Å². The number of ether oxygens (including phenoxy) is 1. The first kappa shape index (κ1) is 29.1. The molecule has 1 rings (SSSR count). The van der Waals surface area contributed by atoms with Gasteiger partial charge in [0.05, 0.1) is 37.9 Å². The predicted molar refractivity (Wildman–Crippen MR) is 134 cm³/mol. The number of aryl methyl sites for hydroxylation is 1. The van der Waals surface area contributed by atoms with Gasteiger partial charge in [-0.1, -0.05) is 92.3 Å². The average molecular weight is 451 g/mol. The Balaban J connectivity index is 3.79. The van der Waals surface area contributed by atoms with Crippen LogP contribution in [0.3, 0.4) is 0 Å². The van der Waals surface area contributed by atoms with Gasteiger partial charge in [0, 0.05) is 0 Å². The molecule has 0 spiro atoms. The highest BCUT2D eigenvalue weighted by atomic mass is 16.5. The zero-order chi connectivity index (χ0) is 24.7. The molecule has 0 heterocycles. The fourth-order valence-corrected chi connectivity index (χ4v) is 4.42. The van der Waals surface area contributed by atoms with Gasteiger partial charge >= 0.3 is 0 Å². The number of aliphatic hydroxyl groups is 3. The van der Waals surface area contributed by atoms with Gasteiger partial charge in [-0.2, -0.15) is 0 Å². The van der Waals surface area contributed by atoms with E-state index in [0.29, 0.717) is 12.5 Å². The second kappa shape index (κ2) is 12.0. The van der Waals surface area contributed by atoms with E-state index in [1.807, 2.05) is 0 Å². The number of aliphatic hydroxyl groups excluding tert-OH is 3. The summed E-state index contributed by atoms with van der Waals surface area (Å²) in [6.07, 6.45) is 3.80. The SMILES string of the molecule is CCCCC(CC)COC(c1c(C(C)(C)C)cc(C)cc1C(C)(C)C)C(CO)(CO)CO. The summed E-state index contributed by atoms with van der Waals surface area (Å²) in [5.74, 6) is 0.410. The van der Waals surface area contributed by atoms with Crippen molar-refractivity contribution < 1.29 is 20.1 Å². The largest absolute Gasteiger partial charge is 0.395 e. The lowest BCUT2D eigenvalue weighted by Crippen LogP contribution is -2.43. The van der Waals surface area contributed by atoms with Crippen LogP contribution in [0.4, 0.5) is 0 Å². The highest BCUT2D eigenvalue weighted by molar-refractivity contribution is 5.47. The van der Waals surface area contributed by atoms with E-state index in [1.165, 1.54) is 5.56 Å². The van der Waals surface area contributed by atoms with E-state index in [-0.39, 0.29) is 30.7 Å². The van der Waals surface area contributed by atoms with Crippen LogP contribution in [0.1, 0.15) is 109 Å². The van der Waals surface area contributed by atoms with Crippen LogP contribution in [-0.4, -0.2) is 41.7 Å². The van der Waals surface area contributed by atoms with Crippen molar-refractivity contribution in [1.29, 1.82) is 0 Å². The van der Waals surface area contributed by atoms with Crippen LogP contribution >= 0.6 is 0 Å². The molecule has 0 saturated heterocycles. The molecule has 0 aliphatic rings. The first-order valence-corrected chi connectivity index (χ1v) is 12.4. The van der Waals surface area contributed by atoms with Crippen molar-refractivity contribution in [3.8, 4) is 0 Å². The molecule has 1 aromatic carbocycles. The minimum absolute atomic E-state index is 0.165. The highest BCUT2D eigenvalue weighted by Gasteiger charge is 2.44. The number of benzene rings is 1. The quantitative estimate of drug-likeness (QED) is 0.375. The van der Waals surface area contributed by atoms with E-state index < -0.39 is 11.5 Å². The first-order valence-electron chi connectivity index (χ1n) is 12.4. The maximum absolute atomic E-state index is 10.4. The molecule has 0 radical (unpaired) electrons. The van der Waals surface area contributed by atoms with E-state index in [9.17, 15) is 15.3 Å². The van der Waals surface area contributed by atoms with Crippen molar-refractivity contribution in [2.24, 2.45) is 11.3 Å². The molecule has 186 valence electrons. The summed E-state index contributed by atoms with van der Waals surface area (Å²) in [5.41, 5.74) is 2.99. The Kier molecular flexibility index (Phi) is 10.9. The van der Waals surface area contributed by atoms with Gasteiger partial charge in [0.2, 0.25) is 0 Å². The third-order valence-corrected chi connectivity index (χ3v) is 6.75. The summed E-state index contributed by atoms with van der Waals surface area (Å²) in [6, 6.07) is 4.40.